The van der Waals surface area contributed by atoms with Crippen LogP contribution in [0.5, 0.6) is 5.75 Å². The Morgan fingerprint density at radius 3 is 1.61 bits per heavy atom. The van der Waals surface area contributed by atoms with Gasteiger partial charge in [-0.3, -0.25) is 0 Å². The highest BCUT2D eigenvalue weighted by atomic mass is 16.5. The first-order valence-electron chi connectivity index (χ1n) is 20.2. The average Bonchev–Trinajstić information content (AvgIpc) is 3.61. The van der Waals surface area contributed by atoms with Crippen LogP contribution in [0.2, 0.25) is 0 Å². The molecule has 1 aliphatic carbocycles. The number of rotatable bonds is 11. The van der Waals surface area contributed by atoms with Crippen molar-refractivity contribution in [2.45, 2.75) is 43.4 Å². The minimum absolute atomic E-state index is 0.291. The molecule has 0 amide bonds. The van der Waals surface area contributed by atoms with Crippen LogP contribution in [0.15, 0.2) is 205 Å². The fourth-order valence-corrected chi connectivity index (χ4v) is 10.1. The van der Waals surface area contributed by atoms with E-state index in [9.17, 15) is 0 Å². The Hall–Kier alpha value is -6.38. The molecule has 0 N–H and O–H groups in total. The number of likely N-dealkylation sites (N-methyl/N-ethyl adjacent to an activating group) is 1. The van der Waals surface area contributed by atoms with Crippen LogP contribution in [0.25, 0.3) is 16.3 Å². The van der Waals surface area contributed by atoms with Crippen molar-refractivity contribution in [1.82, 2.24) is 0 Å². The van der Waals surface area contributed by atoms with E-state index in [-0.39, 0.29) is 10.8 Å². The summed E-state index contributed by atoms with van der Waals surface area (Å²) in [5.74, 6) is 0.882. The number of fused-ring (bicyclic) bond motifs is 4. The van der Waals surface area contributed by atoms with Crippen LogP contribution in [0.4, 0.5) is 5.69 Å². The van der Waals surface area contributed by atoms with Gasteiger partial charge in [-0.25, -0.2) is 0 Å². The minimum atomic E-state index is -0.338. The van der Waals surface area contributed by atoms with Crippen LogP contribution in [0.3, 0.4) is 0 Å². The van der Waals surface area contributed by atoms with Crippen molar-refractivity contribution >= 4 is 22.0 Å². The lowest BCUT2D eigenvalue weighted by Gasteiger charge is -2.35. The van der Waals surface area contributed by atoms with E-state index in [1.54, 1.807) is 7.11 Å². The highest BCUT2D eigenvalue weighted by Crippen LogP contribution is 2.55. The Balaban J connectivity index is 1.25. The first-order valence-corrected chi connectivity index (χ1v) is 20.2. The largest absolute Gasteiger partial charge is 0.497 e. The monoisotopic (exact) mass is 739 g/mol. The smallest absolute Gasteiger partial charge is 0.119 e. The maximum Gasteiger partial charge on any atom is 0.119 e. The molecular weight excluding hydrogens is 691 g/mol. The molecule has 57 heavy (non-hydrogen) atoms. The molecule has 0 saturated carbocycles. The van der Waals surface area contributed by atoms with E-state index in [4.69, 9.17) is 4.74 Å². The Morgan fingerprint density at radius 2 is 1.07 bits per heavy atom. The van der Waals surface area contributed by atoms with Crippen molar-refractivity contribution in [2.75, 3.05) is 19.1 Å². The van der Waals surface area contributed by atoms with E-state index in [1.807, 2.05) is 0 Å². The molecule has 9 rings (SSSR count). The highest BCUT2D eigenvalue weighted by Gasteiger charge is 2.47. The predicted octanol–water partition coefficient (Wildman–Crippen LogP) is 12.7. The summed E-state index contributed by atoms with van der Waals surface area (Å²) >= 11 is 0. The summed E-state index contributed by atoms with van der Waals surface area (Å²) in [6.45, 7) is 2.34. The molecular formula is C55H49NO. The lowest BCUT2D eigenvalue weighted by Crippen LogP contribution is -2.34. The van der Waals surface area contributed by atoms with Crippen molar-refractivity contribution in [1.29, 1.82) is 0 Å². The number of ether oxygens (including phenoxy) is 1. The molecule has 0 fully saturated rings. The van der Waals surface area contributed by atoms with Gasteiger partial charge in [0, 0.05) is 29.3 Å². The Morgan fingerprint density at radius 1 is 0.561 bits per heavy atom. The summed E-state index contributed by atoms with van der Waals surface area (Å²) in [7, 11) is 4.01. The van der Waals surface area contributed by atoms with Gasteiger partial charge in [-0.2, -0.15) is 0 Å². The van der Waals surface area contributed by atoms with Gasteiger partial charge in [0.2, 0.25) is 0 Å². The summed E-state index contributed by atoms with van der Waals surface area (Å²) in [5.41, 5.74) is 14.0. The molecule has 7 aromatic rings. The van der Waals surface area contributed by atoms with Gasteiger partial charge in [-0.05, 0) is 118 Å². The molecule has 280 valence electrons. The second-order valence-corrected chi connectivity index (χ2v) is 15.9. The average molecular weight is 740 g/mol. The summed E-state index contributed by atoms with van der Waals surface area (Å²) in [4.78, 5) is 2.42. The fraction of sp³-hybridized carbons (Fsp3) is 0.164. The van der Waals surface area contributed by atoms with Crippen LogP contribution < -0.4 is 9.64 Å². The number of benzene rings is 7. The normalized spacial score (nSPS) is 16.1. The Bertz CT molecular complexity index is 2540. The Labute approximate surface area is 338 Å². The maximum atomic E-state index is 5.89. The van der Waals surface area contributed by atoms with Gasteiger partial charge >= 0.3 is 0 Å². The number of hydrogen-bond acceptors (Lipinski definition) is 2. The van der Waals surface area contributed by atoms with E-state index in [0.717, 1.165) is 31.4 Å². The molecule has 0 saturated heterocycles. The SMILES string of the molecule is COc1ccc2c(c1)C(Cc1ccccc1)(Cc1ccccc1)/C(=C\C=C\C1=C(C)c3ccc4ccccc4c3C1(Cc1ccccc1)Cc1ccccc1)N2C. The third kappa shape index (κ3) is 6.60. The van der Waals surface area contributed by atoms with Gasteiger partial charge in [-0.1, -0.05) is 170 Å². The molecule has 1 aliphatic heterocycles. The summed E-state index contributed by atoms with van der Waals surface area (Å²) < 4.78 is 5.89. The van der Waals surface area contributed by atoms with Gasteiger partial charge in [0.05, 0.1) is 7.11 Å². The van der Waals surface area contributed by atoms with Crippen molar-refractivity contribution in [3.05, 3.63) is 244 Å². The van der Waals surface area contributed by atoms with Crippen molar-refractivity contribution < 1.29 is 4.74 Å². The van der Waals surface area contributed by atoms with Crippen LogP contribution >= 0.6 is 0 Å². The van der Waals surface area contributed by atoms with Crippen LogP contribution in [0.1, 0.15) is 45.9 Å². The lowest BCUT2D eigenvalue weighted by molar-refractivity contribution is 0.412. The van der Waals surface area contributed by atoms with Gasteiger partial charge in [0.25, 0.3) is 0 Å². The molecule has 0 bridgehead atoms. The minimum Gasteiger partial charge on any atom is -0.497 e. The van der Waals surface area contributed by atoms with E-state index >= 15 is 0 Å². The number of methoxy groups -OCH3 is 1. The topological polar surface area (TPSA) is 12.5 Å². The van der Waals surface area contributed by atoms with Crippen molar-refractivity contribution in [2.24, 2.45) is 0 Å². The van der Waals surface area contributed by atoms with E-state index in [1.165, 1.54) is 72.2 Å². The molecule has 2 aliphatic rings. The van der Waals surface area contributed by atoms with Crippen LogP contribution in [-0.4, -0.2) is 14.2 Å². The van der Waals surface area contributed by atoms with Crippen LogP contribution in [-0.2, 0) is 36.5 Å². The molecule has 0 aromatic heterocycles. The first kappa shape index (κ1) is 36.3. The zero-order chi connectivity index (χ0) is 38.8. The summed E-state index contributed by atoms with van der Waals surface area (Å²) in [6, 6.07) is 64.4. The van der Waals surface area contributed by atoms with Crippen molar-refractivity contribution in [3.8, 4) is 5.75 Å². The highest BCUT2D eigenvalue weighted by molar-refractivity contribution is 5.96. The van der Waals surface area contributed by atoms with Gasteiger partial charge in [0.1, 0.15) is 5.75 Å². The molecule has 2 heteroatoms. The second-order valence-electron chi connectivity index (χ2n) is 15.9. The molecule has 2 nitrogen and oxygen atoms in total. The number of nitrogens with zero attached hydrogens (tertiary/aromatic N) is 1. The van der Waals surface area contributed by atoms with Gasteiger partial charge in [0.15, 0.2) is 0 Å². The third-order valence-electron chi connectivity index (χ3n) is 12.6. The maximum absolute atomic E-state index is 5.89. The fourth-order valence-electron chi connectivity index (χ4n) is 10.1. The molecule has 0 radical (unpaired) electrons. The van der Waals surface area contributed by atoms with E-state index < -0.39 is 0 Å². The van der Waals surface area contributed by atoms with Gasteiger partial charge < -0.3 is 9.64 Å². The van der Waals surface area contributed by atoms with E-state index in [2.05, 4.69) is 213 Å². The zero-order valence-electron chi connectivity index (χ0n) is 33.2. The number of anilines is 1. The molecule has 1 heterocycles. The molecule has 0 atom stereocenters. The van der Waals surface area contributed by atoms with Gasteiger partial charge in [-0.15, -0.1) is 0 Å². The molecule has 7 aromatic carbocycles. The predicted molar refractivity (Wildman–Crippen MR) is 239 cm³/mol. The summed E-state index contributed by atoms with van der Waals surface area (Å²) in [5, 5.41) is 2.63. The third-order valence-corrected chi connectivity index (χ3v) is 12.6. The van der Waals surface area contributed by atoms with Crippen molar-refractivity contribution in [3.63, 3.8) is 0 Å². The zero-order valence-corrected chi connectivity index (χ0v) is 33.2. The van der Waals surface area contributed by atoms with E-state index in [0.29, 0.717) is 0 Å². The molecule has 0 spiro atoms. The molecule has 0 unspecified atom stereocenters. The first-order chi connectivity index (χ1) is 28.0. The Kier molecular flexibility index (Phi) is 9.72. The summed E-state index contributed by atoms with van der Waals surface area (Å²) in [6.07, 6.45) is 10.7. The standard InChI is InChI=1S/C55H49NO/c1-40-47-33-31-45-27-16-17-28-48(45)53(47)55(38-43-23-12-6-13-24-43,39-44-25-14-7-15-26-44)49(40)29-18-30-52-54(36-41-19-8-4-9-20-41,37-42-21-10-5-11-22-42)50-35-46(57-3)32-34-51(50)56(52)2/h4-35H,36-39H2,1-3H3/b29-18+,52-30+. The lowest BCUT2D eigenvalue weighted by atomic mass is 9.67. The quantitative estimate of drug-likeness (QED) is 0.131. The number of hydrogen-bond donors (Lipinski definition) is 0. The van der Waals surface area contributed by atoms with Crippen LogP contribution in [0, 0.1) is 0 Å². The number of allylic oxidation sites excluding steroid dienone is 6. The second kappa shape index (κ2) is 15.3.